The maximum atomic E-state index is 6.70. The number of likely N-dealkylation sites (N-methyl/N-ethyl adjacent to an activating group) is 1. The number of aryl methyl sites for hydroxylation is 1. The highest BCUT2D eigenvalue weighted by atomic mass is 15.2. The maximum Gasteiger partial charge on any atom is 0.161 e. The first kappa shape index (κ1) is 17.6. The molecule has 29 heavy (non-hydrogen) atoms. The van der Waals surface area contributed by atoms with E-state index in [1.54, 1.807) is 0 Å². The molecular weight excluding hydrogens is 362 g/mol. The normalized spacial score (nSPS) is 12.0. The number of fused-ring (bicyclic) bond motifs is 3. The molecule has 0 radical (unpaired) electrons. The van der Waals surface area contributed by atoms with Crippen molar-refractivity contribution < 1.29 is 0 Å². The quantitative estimate of drug-likeness (QED) is 0.514. The molecule has 146 valence electrons. The first-order valence-electron chi connectivity index (χ1n) is 9.65. The van der Waals surface area contributed by atoms with Crippen molar-refractivity contribution >= 4 is 39.0 Å². The molecule has 0 saturated carbocycles. The van der Waals surface area contributed by atoms with Crippen LogP contribution in [0, 0.1) is 0 Å². The van der Waals surface area contributed by atoms with Crippen LogP contribution < -0.4 is 5.73 Å². The van der Waals surface area contributed by atoms with E-state index < -0.39 is 0 Å². The van der Waals surface area contributed by atoms with Crippen LogP contribution in [0.15, 0.2) is 48.5 Å². The monoisotopic (exact) mass is 385 g/mol. The number of rotatable bonds is 4. The van der Waals surface area contributed by atoms with Crippen LogP contribution in [0.2, 0.25) is 0 Å². The second kappa shape index (κ2) is 6.56. The average Bonchev–Trinajstić information content (AvgIpc) is 3.18. The molecule has 0 unspecified atom stereocenters. The summed E-state index contributed by atoms with van der Waals surface area (Å²) < 4.78 is 4.14. The Morgan fingerprint density at radius 2 is 1.55 bits per heavy atom. The predicted octanol–water partition coefficient (Wildman–Crippen LogP) is 3.28. The number of para-hydroxylation sites is 4. The summed E-state index contributed by atoms with van der Waals surface area (Å²) in [7, 11) is 6.12. The molecule has 0 atom stereocenters. The summed E-state index contributed by atoms with van der Waals surface area (Å²) >= 11 is 0. The molecule has 0 aliphatic carbocycles. The fourth-order valence-corrected chi connectivity index (χ4v) is 3.83. The van der Waals surface area contributed by atoms with Crippen LogP contribution >= 0.6 is 0 Å². The summed E-state index contributed by atoms with van der Waals surface area (Å²) in [6.07, 6.45) is 0. The number of aromatic nitrogens is 5. The van der Waals surface area contributed by atoms with Crippen molar-refractivity contribution in [3.8, 4) is 11.4 Å². The Balaban J connectivity index is 1.84. The number of imidazole rings is 1. The number of nitrogens with zero attached hydrogens (tertiary/aromatic N) is 6. The summed E-state index contributed by atoms with van der Waals surface area (Å²) in [6.45, 7) is 1.58. The van der Waals surface area contributed by atoms with E-state index in [2.05, 4.69) is 34.2 Å². The number of nitrogen functional groups attached to an aromatic ring is 1. The van der Waals surface area contributed by atoms with Crippen molar-refractivity contribution in [2.75, 3.05) is 26.4 Å². The molecular formula is C22H23N7. The van der Waals surface area contributed by atoms with Crippen molar-refractivity contribution in [3.05, 3.63) is 48.5 Å². The van der Waals surface area contributed by atoms with Gasteiger partial charge in [0, 0.05) is 20.1 Å². The number of nitrogens with two attached hydrogens (primary N) is 1. The highest BCUT2D eigenvalue weighted by Gasteiger charge is 2.23. The summed E-state index contributed by atoms with van der Waals surface area (Å²) in [5.74, 6) is 1.46. The minimum atomic E-state index is 0.649. The van der Waals surface area contributed by atoms with Crippen LogP contribution in [0.5, 0.6) is 0 Å². The molecule has 0 fully saturated rings. The van der Waals surface area contributed by atoms with E-state index in [1.807, 2.05) is 49.5 Å². The molecule has 0 aliphatic heterocycles. The van der Waals surface area contributed by atoms with Crippen LogP contribution in [0.25, 0.3) is 44.6 Å². The predicted molar refractivity (Wildman–Crippen MR) is 118 cm³/mol. The van der Waals surface area contributed by atoms with Gasteiger partial charge in [0.2, 0.25) is 0 Å². The van der Waals surface area contributed by atoms with Crippen molar-refractivity contribution in [1.82, 2.24) is 29.0 Å². The standard InChI is InChI=1S/C22H23N7/c1-27(2)12-13-29-20(23)18(21-26-16-10-6-7-11-17(16)28(21)3)19-22(29)25-15-9-5-4-8-14(15)24-19/h4-11H,12-13,23H2,1-3H3. The molecule has 0 aliphatic rings. The largest absolute Gasteiger partial charge is 0.384 e. The van der Waals surface area contributed by atoms with E-state index in [1.165, 1.54) is 0 Å². The van der Waals surface area contributed by atoms with Gasteiger partial charge in [0.15, 0.2) is 5.65 Å². The van der Waals surface area contributed by atoms with Gasteiger partial charge in [-0.3, -0.25) is 0 Å². The second-order valence-electron chi connectivity index (χ2n) is 7.58. The zero-order chi connectivity index (χ0) is 20.1. The lowest BCUT2D eigenvalue weighted by Crippen LogP contribution is -2.19. The lowest BCUT2D eigenvalue weighted by molar-refractivity contribution is 0.387. The minimum absolute atomic E-state index is 0.649. The molecule has 0 bridgehead atoms. The Morgan fingerprint density at radius 3 is 2.24 bits per heavy atom. The third kappa shape index (κ3) is 2.74. The summed E-state index contributed by atoms with van der Waals surface area (Å²) in [6, 6.07) is 16.0. The second-order valence-corrected chi connectivity index (χ2v) is 7.58. The fraction of sp³-hybridized carbons (Fsp3) is 0.227. The van der Waals surface area contributed by atoms with E-state index in [4.69, 9.17) is 20.7 Å². The van der Waals surface area contributed by atoms with E-state index in [9.17, 15) is 0 Å². The number of hydrogen-bond acceptors (Lipinski definition) is 5. The first-order chi connectivity index (χ1) is 14.0. The summed E-state index contributed by atoms with van der Waals surface area (Å²) in [4.78, 5) is 16.9. The molecule has 7 nitrogen and oxygen atoms in total. The molecule has 0 saturated heterocycles. The summed E-state index contributed by atoms with van der Waals surface area (Å²) in [5, 5.41) is 0. The molecule has 3 aromatic heterocycles. The van der Waals surface area contributed by atoms with Gasteiger partial charge in [-0.15, -0.1) is 0 Å². The van der Waals surface area contributed by atoms with Crippen molar-refractivity contribution in [1.29, 1.82) is 0 Å². The Kier molecular flexibility index (Phi) is 3.99. The van der Waals surface area contributed by atoms with E-state index >= 15 is 0 Å². The number of anilines is 1. The lowest BCUT2D eigenvalue weighted by atomic mass is 10.2. The van der Waals surface area contributed by atoms with E-state index in [0.29, 0.717) is 5.82 Å². The topological polar surface area (TPSA) is 77.8 Å². The van der Waals surface area contributed by atoms with Crippen molar-refractivity contribution in [2.24, 2.45) is 7.05 Å². The number of benzene rings is 2. The molecule has 2 N–H and O–H groups in total. The zero-order valence-corrected chi connectivity index (χ0v) is 16.8. The Hall–Kier alpha value is -3.45. The van der Waals surface area contributed by atoms with Gasteiger partial charge in [-0.05, 0) is 38.4 Å². The average molecular weight is 385 g/mol. The van der Waals surface area contributed by atoms with Gasteiger partial charge in [0.1, 0.15) is 17.2 Å². The summed E-state index contributed by atoms with van der Waals surface area (Å²) in [5.41, 5.74) is 12.8. The zero-order valence-electron chi connectivity index (χ0n) is 16.8. The number of hydrogen-bond donors (Lipinski definition) is 1. The van der Waals surface area contributed by atoms with Gasteiger partial charge >= 0.3 is 0 Å². The molecule has 0 spiro atoms. The Morgan fingerprint density at radius 1 is 0.897 bits per heavy atom. The van der Waals surface area contributed by atoms with Gasteiger partial charge in [-0.25, -0.2) is 15.0 Å². The van der Waals surface area contributed by atoms with Crippen LogP contribution in [-0.2, 0) is 13.6 Å². The molecule has 2 aromatic carbocycles. The lowest BCUT2D eigenvalue weighted by Gasteiger charge is -2.12. The van der Waals surface area contributed by atoms with E-state index in [0.717, 1.165) is 57.7 Å². The van der Waals surface area contributed by atoms with Gasteiger partial charge < -0.3 is 19.8 Å². The van der Waals surface area contributed by atoms with Crippen LogP contribution in [0.1, 0.15) is 0 Å². The third-order valence-electron chi connectivity index (χ3n) is 5.37. The third-order valence-corrected chi connectivity index (χ3v) is 5.37. The fourth-order valence-electron chi connectivity index (χ4n) is 3.83. The smallest absolute Gasteiger partial charge is 0.161 e. The van der Waals surface area contributed by atoms with Gasteiger partial charge in [-0.1, -0.05) is 24.3 Å². The Bertz CT molecular complexity index is 1360. The van der Waals surface area contributed by atoms with Gasteiger partial charge in [-0.2, -0.15) is 0 Å². The highest BCUT2D eigenvalue weighted by molar-refractivity contribution is 6.01. The Labute approximate surface area is 168 Å². The first-order valence-corrected chi connectivity index (χ1v) is 9.65. The molecule has 0 amide bonds. The molecule has 3 heterocycles. The van der Waals surface area contributed by atoms with Crippen LogP contribution in [0.3, 0.4) is 0 Å². The molecule has 5 rings (SSSR count). The molecule has 7 heteroatoms. The maximum absolute atomic E-state index is 6.70. The SMILES string of the molecule is CN(C)CCn1c(N)c(-c2nc3ccccc3n2C)c2nc3ccccc3nc21. The highest BCUT2D eigenvalue weighted by Crippen LogP contribution is 2.36. The van der Waals surface area contributed by atoms with Gasteiger partial charge in [0.05, 0.1) is 27.6 Å². The van der Waals surface area contributed by atoms with E-state index in [-0.39, 0.29) is 0 Å². The van der Waals surface area contributed by atoms with Crippen LogP contribution in [0.4, 0.5) is 5.82 Å². The van der Waals surface area contributed by atoms with Crippen LogP contribution in [-0.4, -0.2) is 49.6 Å². The minimum Gasteiger partial charge on any atom is -0.384 e. The van der Waals surface area contributed by atoms with Gasteiger partial charge in [0.25, 0.3) is 0 Å². The van der Waals surface area contributed by atoms with Crippen molar-refractivity contribution in [2.45, 2.75) is 6.54 Å². The van der Waals surface area contributed by atoms with Crippen molar-refractivity contribution in [3.63, 3.8) is 0 Å². The molecule has 5 aromatic rings.